The van der Waals surface area contributed by atoms with Gasteiger partial charge in [-0.1, -0.05) is 28.4 Å². The van der Waals surface area contributed by atoms with Crippen LogP contribution < -0.4 is 4.74 Å². The Morgan fingerprint density at radius 1 is 1.47 bits per heavy atom. The minimum atomic E-state index is -0.0496. The van der Waals surface area contributed by atoms with Crippen LogP contribution in [0.5, 0.6) is 5.75 Å². The first-order chi connectivity index (χ1) is 7.22. The van der Waals surface area contributed by atoms with Crippen molar-refractivity contribution in [1.82, 2.24) is 0 Å². The lowest BCUT2D eigenvalue weighted by atomic mass is 9.65. The van der Waals surface area contributed by atoms with Crippen molar-refractivity contribution in [2.75, 3.05) is 13.7 Å². The summed E-state index contributed by atoms with van der Waals surface area (Å²) in [7, 11) is 1.68. The van der Waals surface area contributed by atoms with Crippen LogP contribution in [0.4, 0.5) is 0 Å². The number of hydrogen-bond donors (Lipinski definition) is 1. The number of ether oxygens (including phenoxy) is 1. The lowest BCUT2D eigenvalue weighted by Crippen LogP contribution is -2.38. The van der Waals surface area contributed by atoms with Crippen LogP contribution in [0.3, 0.4) is 0 Å². The summed E-state index contributed by atoms with van der Waals surface area (Å²) in [6, 6.07) is 6.02. The van der Waals surface area contributed by atoms with Gasteiger partial charge in [0.2, 0.25) is 0 Å². The quantitative estimate of drug-likeness (QED) is 0.916. The van der Waals surface area contributed by atoms with Crippen molar-refractivity contribution in [3.05, 3.63) is 28.2 Å². The Morgan fingerprint density at radius 3 is 2.67 bits per heavy atom. The van der Waals surface area contributed by atoms with E-state index in [0.29, 0.717) is 0 Å². The molecule has 1 aliphatic carbocycles. The molecule has 0 aromatic heterocycles. The highest BCUT2D eigenvalue weighted by atomic mass is 79.9. The van der Waals surface area contributed by atoms with Gasteiger partial charge in [-0.2, -0.15) is 0 Å². The summed E-state index contributed by atoms with van der Waals surface area (Å²) in [5.41, 5.74) is 1.09. The zero-order chi connectivity index (χ0) is 10.9. The Hall–Kier alpha value is -0.540. The molecular weight excluding hydrogens is 256 g/mol. The Balaban J connectivity index is 2.42. The average molecular weight is 271 g/mol. The third-order valence-corrected chi connectivity index (χ3v) is 3.84. The van der Waals surface area contributed by atoms with Gasteiger partial charge in [-0.05, 0) is 25.0 Å². The second-order valence-electron chi connectivity index (χ2n) is 4.14. The smallest absolute Gasteiger partial charge is 0.123 e. The number of hydrogen-bond acceptors (Lipinski definition) is 2. The van der Waals surface area contributed by atoms with Crippen LogP contribution in [0.1, 0.15) is 24.8 Å². The van der Waals surface area contributed by atoms with Crippen LogP contribution in [0, 0.1) is 0 Å². The highest BCUT2D eigenvalue weighted by Gasteiger charge is 2.40. The predicted octanol–water partition coefficient (Wildman–Crippen LogP) is 2.87. The summed E-state index contributed by atoms with van der Waals surface area (Å²) in [4.78, 5) is 0. The number of methoxy groups -OCH3 is 1. The third kappa shape index (κ3) is 1.79. The number of benzene rings is 1. The minimum Gasteiger partial charge on any atom is -0.496 e. The van der Waals surface area contributed by atoms with E-state index in [1.54, 1.807) is 7.11 Å². The summed E-state index contributed by atoms with van der Waals surface area (Å²) in [6.45, 7) is 0.213. The van der Waals surface area contributed by atoms with E-state index >= 15 is 0 Å². The molecule has 1 saturated carbocycles. The first-order valence-electron chi connectivity index (χ1n) is 5.17. The van der Waals surface area contributed by atoms with E-state index in [9.17, 15) is 5.11 Å². The molecule has 0 spiro atoms. The van der Waals surface area contributed by atoms with Crippen molar-refractivity contribution in [2.45, 2.75) is 24.7 Å². The van der Waals surface area contributed by atoms with E-state index in [0.717, 1.165) is 28.6 Å². The number of aliphatic hydroxyl groups excluding tert-OH is 1. The molecule has 1 aliphatic rings. The molecule has 3 heteroatoms. The van der Waals surface area contributed by atoms with E-state index in [1.165, 1.54) is 6.42 Å². The zero-order valence-electron chi connectivity index (χ0n) is 8.79. The topological polar surface area (TPSA) is 29.5 Å². The molecular formula is C12H15BrO2. The molecule has 1 N–H and O–H groups in total. The molecule has 0 heterocycles. The van der Waals surface area contributed by atoms with E-state index in [4.69, 9.17) is 4.74 Å². The maximum absolute atomic E-state index is 9.51. The van der Waals surface area contributed by atoms with Gasteiger partial charge in [0.05, 0.1) is 13.7 Å². The molecule has 1 fully saturated rings. The zero-order valence-corrected chi connectivity index (χ0v) is 10.4. The molecule has 2 nitrogen and oxygen atoms in total. The predicted molar refractivity (Wildman–Crippen MR) is 63.3 cm³/mol. The fourth-order valence-corrected chi connectivity index (χ4v) is 2.56. The van der Waals surface area contributed by atoms with Crippen molar-refractivity contribution in [2.24, 2.45) is 0 Å². The van der Waals surface area contributed by atoms with Crippen LogP contribution in [-0.4, -0.2) is 18.8 Å². The maximum Gasteiger partial charge on any atom is 0.123 e. The summed E-state index contributed by atoms with van der Waals surface area (Å²) < 4.78 is 6.38. The highest BCUT2D eigenvalue weighted by molar-refractivity contribution is 9.10. The maximum atomic E-state index is 9.51. The van der Waals surface area contributed by atoms with Gasteiger partial charge in [0, 0.05) is 15.5 Å². The van der Waals surface area contributed by atoms with Crippen molar-refractivity contribution >= 4 is 15.9 Å². The van der Waals surface area contributed by atoms with Crippen LogP contribution in [-0.2, 0) is 5.41 Å². The van der Waals surface area contributed by atoms with E-state index in [1.807, 2.05) is 12.1 Å². The Labute approximate surface area is 98.4 Å². The standard InChI is InChI=1S/C12H15BrO2/c1-15-11-7-9(13)3-4-10(11)12(8-14)5-2-6-12/h3-4,7,14H,2,5-6,8H2,1H3. The highest BCUT2D eigenvalue weighted by Crippen LogP contribution is 2.47. The number of halogens is 1. The summed E-state index contributed by atoms with van der Waals surface area (Å²) in [6.07, 6.45) is 3.31. The normalized spacial score (nSPS) is 18.3. The first kappa shape index (κ1) is 11.0. The molecule has 0 atom stereocenters. The van der Waals surface area contributed by atoms with Gasteiger partial charge in [0.15, 0.2) is 0 Å². The van der Waals surface area contributed by atoms with E-state index < -0.39 is 0 Å². The fraction of sp³-hybridized carbons (Fsp3) is 0.500. The molecule has 0 unspecified atom stereocenters. The van der Waals surface area contributed by atoms with Crippen molar-refractivity contribution in [3.63, 3.8) is 0 Å². The average Bonchev–Trinajstić information content (AvgIpc) is 2.19. The molecule has 0 saturated heterocycles. The lowest BCUT2D eigenvalue weighted by molar-refractivity contribution is 0.117. The van der Waals surface area contributed by atoms with Crippen molar-refractivity contribution < 1.29 is 9.84 Å². The summed E-state index contributed by atoms with van der Waals surface area (Å²) in [5, 5.41) is 9.51. The molecule has 0 amide bonds. The van der Waals surface area contributed by atoms with Crippen LogP contribution >= 0.6 is 15.9 Å². The molecule has 1 aromatic carbocycles. The lowest BCUT2D eigenvalue weighted by Gasteiger charge is -2.41. The summed E-state index contributed by atoms with van der Waals surface area (Å²) >= 11 is 3.42. The van der Waals surface area contributed by atoms with Crippen molar-refractivity contribution in [3.8, 4) is 5.75 Å². The van der Waals surface area contributed by atoms with Gasteiger partial charge in [-0.3, -0.25) is 0 Å². The van der Waals surface area contributed by atoms with Crippen molar-refractivity contribution in [1.29, 1.82) is 0 Å². The molecule has 82 valence electrons. The molecule has 0 aliphatic heterocycles. The van der Waals surface area contributed by atoms with E-state index in [2.05, 4.69) is 22.0 Å². The Morgan fingerprint density at radius 2 is 2.20 bits per heavy atom. The summed E-state index contributed by atoms with van der Waals surface area (Å²) in [5.74, 6) is 0.873. The molecule has 15 heavy (non-hydrogen) atoms. The monoisotopic (exact) mass is 270 g/mol. The molecule has 2 rings (SSSR count). The first-order valence-corrected chi connectivity index (χ1v) is 5.96. The molecule has 1 aromatic rings. The SMILES string of the molecule is COc1cc(Br)ccc1C1(CO)CCC1. The largest absolute Gasteiger partial charge is 0.496 e. The van der Waals surface area contributed by atoms with Gasteiger partial charge >= 0.3 is 0 Å². The number of aliphatic hydroxyl groups is 1. The van der Waals surface area contributed by atoms with Crippen LogP contribution in [0.2, 0.25) is 0 Å². The van der Waals surface area contributed by atoms with Gasteiger partial charge in [0.25, 0.3) is 0 Å². The van der Waals surface area contributed by atoms with Gasteiger partial charge in [-0.15, -0.1) is 0 Å². The fourth-order valence-electron chi connectivity index (χ4n) is 2.22. The van der Waals surface area contributed by atoms with Gasteiger partial charge in [-0.25, -0.2) is 0 Å². The molecule has 0 radical (unpaired) electrons. The van der Waals surface area contributed by atoms with E-state index in [-0.39, 0.29) is 12.0 Å². The van der Waals surface area contributed by atoms with Crippen LogP contribution in [0.15, 0.2) is 22.7 Å². The number of rotatable bonds is 3. The third-order valence-electron chi connectivity index (χ3n) is 3.35. The Bertz CT molecular complexity index is 353. The van der Waals surface area contributed by atoms with Gasteiger partial charge in [0.1, 0.15) is 5.75 Å². The Kier molecular flexibility index (Phi) is 3.03. The molecule has 0 bridgehead atoms. The van der Waals surface area contributed by atoms with Gasteiger partial charge < -0.3 is 9.84 Å². The van der Waals surface area contributed by atoms with Crippen LogP contribution in [0.25, 0.3) is 0 Å². The second kappa shape index (κ2) is 4.14. The second-order valence-corrected chi connectivity index (χ2v) is 5.05. The minimum absolute atomic E-state index is 0.0496.